The second-order valence-electron chi connectivity index (χ2n) is 6.81. The maximum absolute atomic E-state index is 13.0. The Labute approximate surface area is 155 Å². The van der Waals surface area contributed by atoms with E-state index < -0.39 is 59.0 Å². The topological polar surface area (TPSA) is 153 Å². The molecule has 0 spiro atoms. The summed E-state index contributed by atoms with van der Waals surface area (Å²) in [6.45, 7) is 5.70. The Kier molecular flexibility index (Phi) is 7.60. The molecule has 0 aromatic carbocycles. The fourth-order valence-electron chi connectivity index (χ4n) is 3.14. The van der Waals surface area contributed by atoms with Gasteiger partial charge in [0, 0.05) is 25.2 Å². The number of thioether (sulfide) groups is 1. The zero-order valence-electron chi connectivity index (χ0n) is 15.2. The van der Waals surface area contributed by atoms with Crippen molar-refractivity contribution in [3.8, 4) is 0 Å². The Balaban J connectivity index is 3.12. The molecule has 148 valence electrons. The van der Waals surface area contributed by atoms with Gasteiger partial charge in [0.15, 0.2) is 0 Å². The molecule has 5 N–H and O–H groups in total. The Morgan fingerprint density at radius 2 is 1.92 bits per heavy atom. The van der Waals surface area contributed by atoms with Crippen LogP contribution in [0, 0.1) is 17.8 Å². The lowest BCUT2D eigenvalue weighted by atomic mass is 9.74. The van der Waals surface area contributed by atoms with Crippen molar-refractivity contribution in [2.45, 2.75) is 45.4 Å². The van der Waals surface area contributed by atoms with Crippen molar-refractivity contribution < 1.29 is 34.5 Å². The first-order valence-electron chi connectivity index (χ1n) is 8.27. The van der Waals surface area contributed by atoms with Gasteiger partial charge in [-0.15, -0.1) is 0 Å². The predicted octanol–water partition coefficient (Wildman–Crippen LogP) is -1.03. The lowest BCUT2D eigenvalue weighted by Crippen LogP contribution is -2.62. The van der Waals surface area contributed by atoms with Gasteiger partial charge in [-0.3, -0.25) is 14.4 Å². The van der Waals surface area contributed by atoms with E-state index in [2.05, 4.69) is 10.6 Å². The summed E-state index contributed by atoms with van der Waals surface area (Å²) >= 11 is 0.600. The minimum atomic E-state index is -1.72. The molecule has 1 aliphatic rings. The Morgan fingerprint density at radius 1 is 1.35 bits per heavy atom. The lowest BCUT2D eigenvalue weighted by molar-refractivity contribution is -0.140. The van der Waals surface area contributed by atoms with Gasteiger partial charge >= 0.3 is 5.97 Å². The fourth-order valence-corrected chi connectivity index (χ4v) is 4.25. The Bertz CT molecular complexity index is 583. The van der Waals surface area contributed by atoms with Crippen LogP contribution in [0.3, 0.4) is 0 Å². The highest BCUT2D eigenvalue weighted by atomic mass is 32.2. The fraction of sp³-hybridized carbons (Fsp3) is 0.750. The largest absolute Gasteiger partial charge is 0.480 e. The molecular weight excluding hydrogens is 364 g/mol. The van der Waals surface area contributed by atoms with Crippen LogP contribution in [0.2, 0.25) is 0 Å². The van der Waals surface area contributed by atoms with Crippen LogP contribution in [0.1, 0.15) is 27.7 Å². The summed E-state index contributed by atoms with van der Waals surface area (Å²) in [5, 5.41) is 33.6. The quantitative estimate of drug-likeness (QED) is 0.352. The van der Waals surface area contributed by atoms with Crippen LogP contribution in [0.4, 0.5) is 0 Å². The molecule has 1 heterocycles. The number of carbonyl (C=O) groups excluding carboxylic acids is 3. The Morgan fingerprint density at radius 3 is 2.27 bits per heavy atom. The molecule has 0 aromatic heterocycles. The van der Waals surface area contributed by atoms with Crippen LogP contribution in [-0.4, -0.2) is 68.3 Å². The van der Waals surface area contributed by atoms with Crippen LogP contribution in [0.5, 0.6) is 0 Å². The number of rotatable bonds is 8. The molecule has 9 nitrogen and oxygen atoms in total. The molecule has 0 aromatic rings. The predicted molar refractivity (Wildman–Crippen MR) is 94.2 cm³/mol. The molecule has 1 fully saturated rings. The van der Waals surface area contributed by atoms with Gasteiger partial charge in [-0.1, -0.05) is 32.5 Å². The molecule has 5 unspecified atom stereocenters. The van der Waals surface area contributed by atoms with Gasteiger partial charge in [0.2, 0.25) is 16.9 Å². The average Bonchev–Trinajstić information content (AvgIpc) is 2.76. The molecule has 2 amide bonds. The van der Waals surface area contributed by atoms with E-state index in [1.54, 1.807) is 13.8 Å². The van der Waals surface area contributed by atoms with Crippen LogP contribution >= 0.6 is 11.8 Å². The van der Waals surface area contributed by atoms with Crippen molar-refractivity contribution in [3.63, 3.8) is 0 Å². The van der Waals surface area contributed by atoms with Crippen LogP contribution < -0.4 is 10.6 Å². The van der Waals surface area contributed by atoms with E-state index in [1.165, 1.54) is 6.92 Å². The smallest absolute Gasteiger partial charge is 0.327 e. The minimum Gasteiger partial charge on any atom is -0.480 e. The molecule has 0 bridgehead atoms. The summed E-state index contributed by atoms with van der Waals surface area (Å²) in [6.07, 6.45) is -1.36. The van der Waals surface area contributed by atoms with Crippen molar-refractivity contribution in [2.75, 3.05) is 12.4 Å². The monoisotopic (exact) mass is 390 g/mol. The van der Waals surface area contributed by atoms with Gasteiger partial charge in [-0.2, -0.15) is 0 Å². The number of aliphatic hydroxyl groups excluding tert-OH is 2. The molecule has 10 heteroatoms. The van der Waals surface area contributed by atoms with Crippen molar-refractivity contribution >= 4 is 34.7 Å². The van der Waals surface area contributed by atoms with E-state index in [1.807, 2.05) is 0 Å². The molecule has 0 radical (unpaired) electrons. The number of aliphatic hydroxyl groups is 2. The average molecular weight is 390 g/mol. The number of hydrogen-bond donors (Lipinski definition) is 5. The standard InChI is InChI=1S/C16H26N2O7S/c1-7(2)10(5-19)16(12(21)8(3)13(22)18-16)15(25)26-6-11(14(23)24)17-9(4)20/h7-8,10-12,19,21H,5-6H2,1-4H3,(H,17,20)(H,18,22)(H,23,24). The summed E-state index contributed by atoms with van der Waals surface area (Å²) in [5.41, 5.74) is -1.72. The minimum absolute atomic E-state index is 0.240. The summed E-state index contributed by atoms with van der Waals surface area (Å²) in [4.78, 5) is 47.4. The Hall–Kier alpha value is -1.65. The maximum atomic E-state index is 13.0. The number of carbonyl (C=O) groups is 4. The van der Waals surface area contributed by atoms with Gasteiger partial charge in [-0.25, -0.2) is 4.79 Å². The number of aliphatic carboxylic acids is 1. The summed E-state index contributed by atoms with van der Waals surface area (Å²) in [6, 6.07) is -1.29. The number of carboxylic acids is 1. The van der Waals surface area contributed by atoms with Gasteiger partial charge in [0.25, 0.3) is 0 Å². The van der Waals surface area contributed by atoms with Gasteiger partial charge < -0.3 is 26.0 Å². The van der Waals surface area contributed by atoms with Crippen molar-refractivity contribution in [1.82, 2.24) is 10.6 Å². The molecule has 0 aliphatic carbocycles. The van der Waals surface area contributed by atoms with E-state index in [4.69, 9.17) is 5.11 Å². The van der Waals surface area contributed by atoms with E-state index in [0.29, 0.717) is 11.8 Å². The highest BCUT2D eigenvalue weighted by molar-refractivity contribution is 8.13. The SMILES string of the molecule is CC(=O)NC(CSC(=O)C1(C(CO)C(C)C)NC(=O)C(C)C1O)C(=O)O. The number of carboxylic acid groups (broad SMARTS) is 1. The molecule has 1 aliphatic heterocycles. The van der Waals surface area contributed by atoms with Crippen molar-refractivity contribution in [2.24, 2.45) is 17.8 Å². The maximum Gasteiger partial charge on any atom is 0.327 e. The summed E-state index contributed by atoms with van der Waals surface area (Å²) < 4.78 is 0. The highest BCUT2D eigenvalue weighted by Crippen LogP contribution is 2.39. The normalized spacial score (nSPS) is 27.7. The molecule has 5 atom stereocenters. The highest BCUT2D eigenvalue weighted by Gasteiger charge is 2.60. The van der Waals surface area contributed by atoms with E-state index in [0.717, 1.165) is 6.92 Å². The van der Waals surface area contributed by atoms with Crippen LogP contribution in [0.25, 0.3) is 0 Å². The molecule has 0 saturated carbocycles. The van der Waals surface area contributed by atoms with Crippen molar-refractivity contribution in [3.05, 3.63) is 0 Å². The molecular formula is C16H26N2O7S. The van der Waals surface area contributed by atoms with Gasteiger partial charge in [0.1, 0.15) is 11.6 Å². The van der Waals surface area contributed by atoms with E-state index in [9.17, 15) is 29.4 Å². The van der Waals surface area contributed by atoms with E-state index in [-0.39, 0.29) is 11.7 Å². The van der Waals surface area contributed by atoms with E-state index >= 15 is 0 Å². The summed E-state index contributed by atoms with van der Waals surface area (Å²) in [7, 11) is 0. The third-order valence-corrected chi connectivity index (χ3v) is 5.76. The first-order valence-corrected chi connectivity index (χ1v) is 9.25. The summed E-state index contributed by atoms with van der Waals surface area (Å²) in [5.74, 6) is -4.49. The first-order chi connectivity index (χ1) is 12.0. The van der Waals surface area contributed by atoms with Crippen LogP contribution in [0.15, 0.2) is 0 Å². The first kappa shape index (κ1) is 22.4. The number of amides is 2. The zero-order chi connectivity index (χ0) is 20.2. The van der Waals surface area contributed by atoms with Gasteiger partial charge in [-0.05, 0) is 5.92 Å². The van der Waals surface area contributed by atoms with Crippen LogP contribution in [-0.2, 0) is 19.2 Å². The second kappa shape index (κ2) is 8.83. The number of nitrogens with one attached hydrogen (secondary N) is 2. The lowest BCUT2D eigenvalue weighted by Gasteiger charge is -2.40. The second-order valence-corrected chi connectivity index (χ2v) is 7.81. The molecule has 1 saturated heterocycles. The molecule has 1 rings (SSSR count). The van der Waals surface area contributed by atoms with Gasteiger partial charge in [0.05, 0.1) is 12.0 Å². The molecule has 26 heavy (non-hydrogen) atoms. The van der Waals surface area contributed by atoms with Crippen molar-refractivity contribution in [1.29, 1.82) is 0 Å². The number of hydrogen-bond acceptors (Lipinski definition) is 7. The third kappa shape index (κ3) is 4.36. The zero-order valence-corrected chi connectivity index (χ0v) is 16.0. The third-order valence-electron chi connectivity index (χ3n) is 4.66.